The van der Waals surface area contributed by atoms with Crippen LogP contribution in [-0.4, -0.2) is 35.5 Å². The molecule has 1 aliphatic rings. The van der Waals surface area contributed by atoms with Gasteiger partial charge in [-0.25, -0.2) is 0 Å². The molecule has 0 aromatic carbocycles. The molecule has 3 N–H and O–H groups in total. The fourth-order valence-corrected chi connectivity index (χ4v) is 0.651. The molecule has 0 aliphatic carbocycles. The monoisotopic (exact) mass is 103 g/mol. The van der Waals surface area contributed by atoms with E-state index in [4.69, 9.17) is 10.2 Å². The summed E-state index contributed by atoms with van der Waals surface area (Å²) < 4.78 is 0. The average molecular weight is 103 g/mol. The van der Waals surface area contributed by atoms with Crippen LogP contribution in [0.15, 0.2) is 0 Å². The molecule has 1 aliphatic heterocycles. The zero-order valence-corrected chi connectivity index (χ0v) is 3.96. The third-order valence-electron chi connectivity index (χ3n) is 1.15. The van der Waals surface area contributed by atoms with Gasteiger partial charge in [-0.05, 0) is 0 Å². The Morgan fingerprint density at radius 3 is 1.71 bits per heavy atom. The standard InChI is InChI=1S/C4H9NO2/c6-3-1-5-2-4(3)7/h3-7H,1-2H2/t3-,4?/m1/s1. The molecule has 0 aromatic heterocycles. The molecular formula is C4H9NO2. The van der Waals surface area contributed by atoms with E-state index >= 15 is 0 Å². The Morgan fingerprint density at radius 2 is 1.57 bits per heavy atom. The minimum absolute atomic E-state index is 0.529. The third-order valence-corrected chi connectivity index (χ3v) is 1.15. The second-order valence-corrected chi connectivity index (χ2v) is 1.79. The molecule has 0 saturated carbocycles. The Labute approximate surface area is 42.0 Å². The van der Waals surface area contributed by atoms with Gasteiger partial charge >= 0.3 is 0 Å². The second kappa shape index (κ2) is 1.78. The number of aliphatic hydroxyl groups excluding tert-OH is 2. The van der Waals surface area contributed by atoms with E-state index in [-0.39, 0.29) is 0 Å². The number of hydrogen-bond donors (Lipinski definition) is 3. The average Bonchev–Trinajstić information content (AvgIpc) is 1.91. The second-order valence-electron chi connectivity index (χ2n) is 1.79. The summed E-state index contributed by atoms with van der Waals surface area (Å²) in [7, 11) is 0. The minimum atomic E-state index is -0.542. The summed E-state index contributed by atoms with van der Waals surface area (Å²) in [6.45, 7) is 1.06. The van der Waals surface area contributed by atoms with E-state index < -0.39 is 12.2 Å². The normalized spacial score (nSPS) is 42.0. The summed E-state index contributed by atoms with van der Waals surface area (Å²) in [4.78, 5) is 0. The van der Waals surface area contributed by atoms with E-state index in [2.05, 4.69) is 5.32 Å². The molecule has 7 heavy (non-hydrogen) atoms. The van der Waals surface area contributed by atoms with Gasteiger partial charge in [0.15, 0.2) is 0 Å². The maximum absolute atomic E-state index is 8.69. The van der Waals surface area contributed by atoms with Gasteiger partial charge in [-0.3, -0.25) is 0 Å². The van der Waals surface area contributed by atoms with Gasteiger partial charge in [0.25, 0.3) is 0 Å². The zero-order chi connectivity index (χ0) is 5.28. The molecule has 0 amide bonds. The van der Waals surface area contributed by atoms with Gasteiger partial charge in [-0.2, -0.15) is 0 Å². The summed E-state index contributed by atoms with van der Waals surface area (Å²) in [5.74, 6) is 0. The van der Waals surface area contributed by atoms with Crippen molar-refractivity contribution >= 4 is 0 Å². The Morgan fingerprint density at radius 1 is 1.14 bits per heavy atom. The van der Waals surface area contributed by atoms with Crippen LogP contribution < -0.4 is 5.32 Å². The highest BCUT2D eigenvalue weighted by Gasteiger charge is 2.21. The minimum Gasteiger partial charge on any atom is -0.389 e. The van der Waals surface area contributed by atoms with Crippen molar-refractivity contribution in [2.24, 2.45) is 0 Å². The van der Waals surface area contributed by atoms with Crippen LogP contribution in [-0.2, 0) is 0 Å². The fraction of sp³-hybridized carbons (Fsp3) is 1.00. The Hall–Kier alpha value is -0.120. The van der Waals surface area contributed by atoms with Gasteiger partial charge in [0.1, 0.15) is 0 Å². The summed E-state index contributed by atoms with van der Waals surface area (Å²) in [6, 6.07) is 0. The summed E-state index contributed by atoms with van der Waals surface area (Å²) in [6.07, 6.45) is -1.08. The molecule has 3 heteroatoms. The van der Waals surface area contributed by atoms with E-state index in [0.29, 0.717) is 13.1 Å². The van der Waals surface area contributed by atoms with Crippen LogP contribution in [0.3, 0.4) is 0 Å². The number of nitrogens with one attached hydrogen (secondary N) is 1. The van der Waals surface area contributed by atoms with Crippen molar-refractivity contribution < 1.29 is 10.2 Å². The molecule has 1 fully saturated rings. The maximum atomic E-state index is 8.69. The molecule has 1 heterocycles. The lowest BCUT2D eigenvalue weighted by Crippen LogP contribution is -2.22. The zero-order valence-electron chi connectivity index (χ0n) is 3.96. The molecule has 2 atom stereocenters. The van der Waals surface area contributed by atoms with Crippen LogP contribution in [0.1, 0.15) is 0 Å². The third kappa shape index (κ3) is 0.907. The SMILES string of the molecule is OC1CNC[C@H]1O. The first-order valence-electron chi connectivity index (χ1n) is 2.37. The maximum Gasteiger partial charge on any atom is 0.0935 e. The van der Waals surface area contributed by atoms with Crippen LogP contribution >= 0.6 is 0 Å². The van der Waals surface area contributed by atoms with E-state index in [0.717, 1.165) is 0 Å². The van der Waals surface area contributed by atoms with Crippen molar-refractivity contribution in [2.75, 3.05) is 13.1 Å². The van der Waals surface area contributed by atoms with Crippen LogP contribution in [0.25, 0.3) is 0 Å². The lowest BCUT2D eigenvalue weighted by Gasteiger charge is -2.01. The van der Waals surface area contributed by atoms with E-state index in [1.807, 2.05) is 0 Å². The molecule has 0 aromatic rings. The summed E-state index contributed by atoms with van der Waals surface area (Å²) in [5.41, 5.74) is 0. The van der Waals surface area contributed by atoms with Gasteiger partial charge in [-0.15, -0.1) is 0 Å². The van der Waals surface area contributed by atoms with Crippen molar-refractivity contribution in [1.29, 1.82) is 0 Å². The molecule has 1 saturated heterocycles. The van der Waals surface area contributed by atoms with E-state index in [1.165, 1.54) is 0 Å². The van der Waals surface area contributed by atoms with Crippen molar-refractivity contribution in [1.82, 2.24) is 5.32 Å². The first-order chi connectivity index (χ1) is 3.30. The van der Waals surface area contributed by atoms with Crippen LogP contribution in [0.5, 0.6) is 0 Å². The number of aliphatic hydroxyl groups is 2. The first kappa shape index (κ1) is 5.03. The predicted molar refractivity (Wildman–Crippen MR) is 24.9 cm³/mol. The van der Waals surface area contributed by atoms with Crippen molar-refractivity contribution in [3.63, 3.8) is 0 Å². The predicted octanol–water partition coefficient (Wildman–Crippen LogP) is -1.69. The molecule has 1 unspecified atom stereocenters. The Kier molecular flexibility index (Phi) is 1.27. The summed E-state index contributed by atoms with van der Waals surface area (Å²) >= 11 is 0. The van der Waals surface area contributed by atoms with Gasteiger partial charge in [-0.1, -0.05) is 0 Å². The largest absolute Gasteiger partial charge is 0.389 e. The highest BCUT2D eigenvalue weighted by Crippen LogP contribution is 1.96. The van der Waals surface area contributed by atoms with Crippen LogP contribution in [0, 0.1) is 0 Å². The van der Waals surface area contributed by atoms with Gasteiger partial charge in [0.05, 0.1) is 12.2 Å². The molecule has 0 spiro atoms. The van der Waals surface area contributed by atoms with Gasteiger partial charge < -0.3 is 15.5 Å². The van der Waals surface area contributed by atoms with E-state index in [9.17, 15) is 0 Å². The lowest BCUT2D eigenvalue weighted by atomic mass is 10.3. The number of hydrogen-bond acceptors (Lipinski definition) is 3. The topological polar surface area (TPSA) is 52.5 Å². The Bertz CT molecular complexity index is 58.7. The quantitative estimate of drug-likeness (QED) is 0.343. The molecule has 1 rings (SSSR count). The molecular weight excluding hydrogens is 94.0 g/mol. The first-order valence-corrected chi connectivity index (χ1v) is 2.37. The number of rotatable bonds is 0. The Balaban J connectivity index is 2.33. The highest BCUT2D eigenvalue weighted by molar-refractivity contribution is 4.78. The molecule has 0 radical (unpaired) electrons. The highest BCUT2D eigenvalue weighted by atomic mass is 16.3. The fourth-order valence-electron chi connectivity index (χ4n) is 0.651. The van der Waals surface area contributed by atoms with Crippen molar-refractivity contribution in [3.05, 3.63) is 0 Å². The van der Waals surface area contributed by atoms with Crippen molar-refractivity contribution in [2.45, 2.75) is 12.2 Å². The lowest BCUT2D eigenvalue weighted by molar-refractivity contribution is 0.0572. The smallest absolute Gasteiger partial charge is 0.0935 e. The number of β-amino-alcohol motifs (C(OH)–C–C–N with tert-alkyl or cyclic N) is 2. The molecule has 3 nitrogen and oxygen atoms in total. The summed E-state index contributed by atoms with van der Waals surface area (Å²) in [5, 5.41) is 20.2. The van der Waals surface area contributed by atoms with Crippen LogP contribution in [0.4, 0.5) is 0 Å². The molecule has 42 valence electrons. The van der Waals surface area contributed by atoms with Crippen LogP contribution in [0.2, 0.25) is 0 Å². The molecule has 0 bridgehead atoms. The van der Waals surface area contributed by atoms with Crippen molar-refractivity contribution in [3.8, 4) is 0 Å². The van der Waals surface area contributed by atoms with Gasteiger partial charge in [0, 0.05) is 13.1 Å². The van der Waals surface area contributed by atoms with E-state index in [1.54, 1.807) is 0 Å². The van der Waals surface area contributed by atoms with Gasteiger partial charge in [0.2, 0.25) is 0 Å².